The molecule has 1 saturated heterocycles. The van der Waals surface area contributed by atoms with Gasteiger partial charge in [0.25, 0.3) is 5.91 Å². The third kappa shape index (κ3) is 3.58. The highest BCUT2D eigenvalue weighted by Gasteiger charge is 2.22. The average molecular weight is 279 g/mol. The molecule has 6 nitrogen and oxygen atoms in total. The second kappa shape index (κ2) is 6.85. The summed E-state index contributed by atoms with van der Waals surface area (Å²) < 4.78 is 1.78. The number of imidazole rings is 1. The SMILES string of the molecule is CC(CN)CN1CCCN(C(=O)c2cncn2C)CC1. The molecule has 0 aromatic carbocycles. The Bertz CT molecular complexity index is 445. The predicted molar refractivity (Wildman–Crippen MR) is 78.4 cm³/mol. The van der Waals surface area contributed by atoms with Crippen molar-refractivity contribution in [2.75, 3.05) is 39.3 Å². The molecule has 6 heteroatoms. The summed E-state index contributed by atoms with van der Waals surface area (Å²) in [6.07, 6.45) is 4.32. The molecule has 20 heavy (non-hydrogen) atoms. The van der Waals surface area contributed by atoms with E-state index in [0.717, 1.165) is 39.1 Å². The van der Waals surface area contributed by atoms with E-state index in [-0.39, 0.29) is 5.91 Å². The zero-order valence-electron chi connectivity index (χ0n) is 12.5. The molecule has 2 rings (SSSR count). The van der Waals surface area contributed by atoms with Crippen molar-refractivity contribution in [2.24, 2.45) is 18.7 Å². The second-order valence-electron chi connectivity index (χ2n) is 5.68. The first-order valence-corrected chi connectivity index (χ1v) is 7.30. The number of aromatic nitrogens is 2. The van der Waals surface area contributed by atoms with Gasteiger partial charge in [-0.3, -0.25) is 4.79 Å². The number of hydrogen-bond donors (Lipinski definition) is 1. The first-order chi connectivity index (χ1) is 9.61. The standard InChI is InChI=1S/C14H25N5O/c1-12(8-15)10-18-4-3-5-19(7-6-18)14(20)13-9-16-11-17(13)2/h9,11-12H,3-8,10,15H2,1-2H3. The normalized spacial score (nSPS) is 18.9. The minimum Gasteiger partial charge on any atom is -0.336 e. The molecule has 112 valence electrons. The van der Waals surface area contributed by atoms with Crippen molar-refractivity contribution in [1.29, 1.82) is 0 Å². The van der Waals surface area contributed by atoms with Crippen LogP contribution >= 0.6 is 0 Å². The van der Waals surface area contributed by atoms with Gasteiger partial charge in [0.15, 0.2) is 0 Å². The third-order valence-electron chi connectivity index (χ3n) is 3.88. The lowest BCUT2D eigenvalue weighted by Crippen LogP contribution is -2.37. The lowest BCUT2D eigenvalue weighted by molar-refractivity contribution is 0.0751. The van der Waals surface area contributed by atoms with E-state index in [1.165, 1.54) is 0 Å². The number of aryl methyl sites for hydroxylation is 1. The lowest BCUT2D eigenvalue weighted by Gasteiger charge is -2.24. The quantitative estimate of drug-likeness (QED) is 0.853. The van der Waals surface area contributed by atoms with Crippen LogP contribution in [0.2, 0.25) is 0 Å². The molecule has 2 N–H and O–H groups in total. The number of rotatable bonds is 4. The minimum absolute atomic E-state index is 0.0822. The highest BCUT2D eigenvalue weighted by atomic mass is 16.2. The summed E-state index contributed by atoms with van der Waals surface area (Å²) in [5.41, 5.74) is 6.34. The van der Waals surface area contributed by atoms with Crippen molar-refractivity contribution in [3.63, 3.8) is 0 Å². The van der Waals surface area contributed by atoms with Crippen LogP contribution in [0.1, 0.15) is 23.8 Å². The van der Waals surface area contributed by atoms with Gasteiger partial charge in [0.2, 0.25) is 0 Å². The van der Waals surface area contributed by atoms with Crippen molar-refractivity contribution in [1.82, 2.24) is 19.4 Å². The highest BCUT2D eigenvalue weighted by molar-refractivity contribution is 5.92. The zero-order valence-corrected chi connectivity index (χ0v) is 12.5. The van der Waals surface area contributed by atoms with Crippen molar-refractivity contribution in [2.45, 2.75) is 13.3 Å². The fourth-order valence-electron chi connectivity index (χ4n) is 2.60. The minimum atomic E-state index is 0.0822. The van der Waals surface area contributed by atoms with Crippen LogP contribution in [0.5, 0.6) is 0 Å². The van der Waals surface area contributed by atoms with Crippen LogP contribution in [-0.2, 0) is 7.05 Å². The summed E-state index contributed by atoms with van der Waals surface area (Å²) in [6.45, 7) is 7.47. The molecular weight excluding hydrogens is 254 g/mol. The van der Waals surface area contributed by atoms with Gasteiger partial charge in [0.05, 0.1) is 12.5 Å². The largest absolute Gasteiger partial charge is 0.336 e. The molecular formula is C14H25N5O. The summed E-state index contributed by atoms with van der Waals surface area (Å²) >= 11 is 0. The van der Waals surface area contributed by atoms with Crippen molar-refractivity contribution in [3.8, 4) is 0 Å². The molecule has 1 aromatic heterocycles. The van der Waals surface area contributed by atoms with Crippen molar-refractivity contribution >= 4 is 5.91 Å². The summed E-state index contributed by atoms with van der Waals surface area (Å²) in [6, 6.07) is 0. The lowest BCUT2D eigenvalue weighted by atomic mass is 10.1. The molecule has 1 aliphatic rings. The number of nitrogens with two attached hydrogens (primary N) is 1. The van der Waals surface area contributed by atoms with E-state index >= 15 is 0 Å². The Kier molecular flexibility index (Phi) is 5.14. The van der Waals surface area contributed by atoms with Gasteiger partial charge in [-0.05, 0) is 25.4 Å². The Morgan fingerprint density at radius 2 is 2.20 bits per heavy atom. The molecule has 1 unspecified atom stereocenters. The van der Waals surface area contributed by atoms with E-state index < -0.39 is 0 Å². The molecule has 0 aliphatic carbocycles. The van der Waals surface area contributed by atoms with Crippen molar-refractivity contribution < 1.29 is 4.79 Å². The monoisotopic (exact) mass is 279 g/mol. The smallest absolute Gasteiger partial charge is 0.272 e. The number of nitrogens with zero attached hydrogens (tertiary/aromatic N) is 4. The van der Waals surface area contributed by atoms with Gasteiger partial charge in [-0.2, -0.15) is 0 Å². The Hall–Kier alpha value is -1.40. The molecule has 0 saturated carbocycles. The first kappa shape index (κ1) is 15.0. The maximum atomic E-state index is 12.4. The van der Waals surface area contributed by atoms with Crippen molar-refractivity contribution in [3.05, 3.63) is 18.2 Å². The molecule has 1 aromatic rings. The van der Waals surface area contributed by atoms with Crippen LogP contribution < -0.4 is 5.73 Å². The number of carbonyl (C=O) groups is 1. The van der Waals surface area contributed by atoms with Gasteiger partial charge in [-0.15, -0.1) is 0 Å². The maximum absolute atomic E-state index is 12.4. The van der Waals surface area contributed by atoms with E-state index in [1.807, 2.05) is 11.9 Å². The first-order valence-electron chi connectivity index (χ1n) is 7.30. The Balaban J connectivity index is 1.93. The summed E-state index contributed by atoms with van der Waals surface area (Å²) in [5, 5.41) is 0. The maximum Gasteiger partial charge on any atom is 0.272 e. The Labute approximate surface area is 120 Å². The van der Waals surface area contributed by atoms with Crippen LogP contribution in [0.25, 0.3) is 0 Å². The van der Waals surface area contributed by atoms with Gasteiger partial charge in [-0.1, -0.05) is 6.92 Å². The van der Waals surface area contributed by atoms with Crippen LogP contribution in [0.4, 0.5) is 0 Å². The van der Waals surface area contributed by atoms with Gasteiger partial charge in [0, 0.05) is 33.2 Å². The van der Waals surface area contributed by atoms with Gasteiger partial charge < -0.3 is 20.1 Å². The van der Waals surface area contributed by atoms with Crippen LogP contribution in [0.3, 0.4) is 0 Å². The molecule has 0 radical (unpaired) electrons. The van der Waals surface area contributed by atoms with Gasteiger partial charge in [0.1, 0.15) is 5.69 Å². The van der Waals surface area contributed by atoms with Gasteiger partial charge in [-0.25, -0.2) is 4.98 Å². The molecule has 0 spiro atoms. The topological polar surface area (TPSA) is 67.4 Å². The summed E-state index contributed by atoms with van der Waals surface area (Å²) in [5.74, 6) is 0.591. The molecule has 2 heterocycles. The third-order valence-corrected chi connectivity index (χ3v) is 3.88. The second-order valence-corrected chi connectivity index (χ2v) is 5.68. The summed E-state index contributed by atoms with van der Waals surface area (Å²) in [7, 11) is 1.85. The van der Waals surface area contributed by atoms with E-state index in [9.17, 15) is 4.79 Å². The number of amides is 1. The Morgan fingerprint density at radius 1 is 1.40 bits per heavy atom. The van der Waals surface area contributed by atoms with E-state index in [4.69, 9.17) is 5.73 Å². The average Bonchev–Trinajstić information content (AvgIpc) is 2.73. The fraction of sp³-hybridized carbons (Fsp3) is 0.714. The fourth-order valence-corrected chi connectivity index (χ4v) is 2.60. The van der Waals surface area contributed by atoms with E-state index in [1.54, 1.807) is 17.1 Å². The predicted octanol–water partition coefficient (Wildman–Crippen LogP) is 0.163. The summed E-state index contributed by atoms with van der Waals surface area (Å²) in [4.78, 5) is 20.8. The number of hydrogen-bond acceptors (Lipinski definition) is 4. The molecule has 1 amide bonds. The Morgan fingerprint density at radius 3 is 2.85 bits per heavy atom. The highest BCUT2D eigenvalue weighted by Crippen LogP contribution is 2.10. The van der Waals surface area contributed by atoms with Crippen LogP contribution in [-0.4, -0.2) is 64.5 Å². The molecule has 1 aliphatic heterocycles. The van der Waals surface area contributed by atoms with E-state index in [2.05, 4.69) is 16.8 Å². The molecule has 0 bridgehead atoms. The van der Waals surface area contributed by atoms with E-state index in [0.29, 0.717) is 18.2 Å². The molecule has 1 atom stereocenters. The zero-order chi connectivity index (χ0) is 14.5. The molecule has 1 fully saturated rings. The van der Waals surface area contributed by atoms with Crippen LogP contribution in [0.15, 0.2) is 12.5 Å². The number of carbonyl (C=O) groups excluding carboxylic acids is 1. The van der Waals surface area contributed by atoms with Gasteiger partial charge >= 0.3 is 0 Å². The van der Waals surface area contributed by atoms with Crippen LogP contribution in [0, 0.1) is 5.92 Å².